The predicted octanol–water partition coefficient (Wildman–Crippen LogP) is 3.05. The molecule has 7 nitrogen and oxygen atoms in total. The van der Waals surface area contributed by atoms with Gasteiger partial charge in [-0.05, 0) is 24.5 Å². The molecular formula is C22H27F3N4O3. The monoisotopic (exact) mass is 452 g/mol. The Hall–Kier alpha value is -3.04. The highest BCUT2D eigenvalue weighted by Gasteiger charge is 2.46. The van der Waals surface area contributed by atoms with Gasteiger partial charge in [-0.1, -0.05) is 32.0 Å². The molecule has 10 heteroatoms. The number of carbonyl (C=O) groups excluding carboxylic acids is 3. The Bertz CT molecular complexity index is 943. The van der Waals surface area contributed by atoms with Gasteiger partial charge in [-0.25, -0.2) is 4.79 Å². The number of hydrogen-bond donors (Lipinski definition) is 2. The smallest absolute Gasteiger partial charge is 0.356 e. The molecule has 2 heterocycles. The molecule has 3 rings (SSSR count). The Labute approximate surface area is 184 Å². The summed E-state index contributed by atoms with van der Waals surface area (Å²) in [5.74, 6) is -0.403. The Morgan fingerprint density at radius 2 is 1.94 bits per heavy atom. The van der Waals surface area contributed by atoms with Crippen molar-refractivity contribution in [3.8, 4) is 0 Å². The molecule has 2 aliphatic heterocycles. The average Bonchev–Trinajstić information content (AvgIpc) is 3.05. The molecule has 4 amide bonds. The van der Waals surface area contributed by atoms with E-state index < -0.39 is 29.7 Å². The number of alkyl halides is 3. The van der Waals surface area contributed by atoms with E-state index >= 15 is 0 Å². The molecule has 0 radical (unpaired) electrons. The molecule has 2 N–H and O–H groups in total. The molecule has 174 valence electrons. The lowest BCUT2D eigenvalue weighted by atomic mass is 9.91. The number of nitrogens with zero attached hydrogens (tertiary/aromatic N) is 2. The number of hydrogen-bond acceptors (Lipinski definition) is 3. The van der Waals surface area contributed by atoms with Crippen LogP contribution in [0.3, 0.4) is 0 Å². The molecule has 0 fully saturated rings. The van der Waals surface area contributed by atoms with Gasteiger partial charge in [-0.3, -0.25) is 14.5 Å². The van der Waals surface area contributed by atoms with Crippen molar-refractivity contribution in [2.75, 3.05) is 26.2 Å². The highest BCUT2D eigenvalue weighted by Crippen LogP contribution is 2.41. The van der Waals surface area contributed by atoms with Gasteiger partial charge in [0.15, 0.2) is 0 Å². The molecule has 1 aromatic carbocycles. The number of halogens is 3. The number of benzene rings is 1. The van der Waals surface area contributed by atoms with Crippen molar-refractivity contribution in [1.29, 1.82) is 0 Å². The summed E-state index contributed by atoms with van der Waals surface area (Å²) in [5.41, 5.74) is -0.584. The molecule has 0 aromatic heterocycles. The molecule has 0 bridgehead atoms. The zero-order chi connectivity index (χ0) is 23.6. The van der Waals surface area contributed by atoms with Crippen molar-refractivity contribution >= 4 is 17.8 Å². The third-order valence-corrected chi connectivity index (χ3v) is 5.51. The summed E-state index contributed by atoms with van der Waals surface area (Å²) >= 11 is 0. The first-order valence-corrected chi connectivity index (χ1v) is 10.6. The number of carbonyl (C=O) groups is 3. The first-order chi connectivity index (χ1) is 15.0. The SMILES string of the molecule is CCN1C(=O)N[C@@H](c2ccccc2C(F)(F)F)C2=C1CN(CCC(=O)NCC(C)C)C2=O. The molecule has 0 unspecified atom stereocenters. The van der Waals surface area contributed by atoms with Crippen molar-refractivity contribution in [3.63, 3.8) is 0 Å². The molecule has 1 aromatic rings. The summed E-state index contributed by atoms with van der Waals surface area (Å²) in [4.78, 5) is 40.7. The molecule has 0 spiro atoms. The first kappa shape index (κ1) is 23.6. The third kappa shape index (κ3) is 4.73. The fraction of sp³-hybridized carbons (Fsp3) is 0.500. The number of nitrogens with one attached hydrogen (secondary N) is 2. The summed E-state index contributed by atoms with van der Waals surface area (Å²) in [6.45, 7) is 6.59. The van der Waals surface area contributed by atoms with E-state index in [1.54, 1.807) is 6.92 Å². The van der Waals surface area contributed by atoms with Crippen molar-refractivity contribution < 1.29 is 27.6 Å². The highest BCUT2D eigenvalue weighted by atomic mass is 19.4. The lowest BCUT2D eigenvalue weighted by Gasteiger charge is -2.33. The Morgan fingerprint density at radius 1 is 1.25 bits per heavy atom. The van der Waals surface area contributed by atoms with E-state index in [0.29, 0.717) is 12.2 Å². The van der Waals surface area contributed by atoms with Crippen molar-refractivity contribution in [2.24, 2.45) is 5.92 Å². The van der Waals surface area contributed by atoms with Gasteiger partial charge < -0.3 is 15.5 Å². The second kappa shape index (κ2) is 9.22. The lowest BCUT2D eigenvalue weighted by Crippen LogP contribution is -2.47. The minimum absolute atomic E-state index is 0.0658. The average molecular weight is 452 g/mol. The highest BCUT2D eigenvalue weighted by molar-refractivity contribution is 6.01. The van der Waals surface area contributed by atoms with Crippen LogP contribution in [0.5, 0.6) is 0 Å². The van der Waals surface area contributed by atoms with Gasteiger partial charge in [0.2, 0.25) is 5.91 Å². The number of rotatable bonds is 7. The predicted molar refractivity (Wildman–Crippen MR) is 111 cm³/mol. The van der Waals surface area contributed by atoms with E-state index in [-0.39, 0.29) is 49.0 Å². The fourth-order valence-corrected chi connectivity index (χ4v) is 3.95. The third-order valence-electron chi connectivity index (χ3n) is 5.51. The Morgan fingerprint density at radius 3 is 2.56 bits per heavy atom. The minimum atomic E-state index is -4.64. The zero-order valence-corrected chi connectivity index (χ0v) is 18.3. The molecule has 0 aliphatic carbocycles. The molecule has 0 saturated heterocycles. The van der Waals surface area contributed by atoms with Gasteiger partial charge >= 0.3 is 12.2 Å². The summed E-state index contributed by atoms with van der Waals surface area (Å²) in [6, 6.07) is 3.14. The molecule has 0 saturated carbocycles. The topological polar surface area (TPSA) is 81.8 Å². The normalized spacial score (nSPS) is 18.9. The summed E-state index contributed by atoms with van der Waals surface area (Å²) < 4.78 is 40.9. The lowest BCUT2D eigenvalue weighted by molar-refractivity contribution is -0.138. The van der Waals surface area contributed by atoms with Gasteiger partial charge in [0.1, 0.15) is 0 Å². The number of likely N-dealkylation sites (N-methyl/N-ethyl adjacent to an activating group) is 1. The van der Waals surface area contributed by atoms with Gasteiger partial charge in [-0.15, -0.1) is 0 Å². The Kier molecular flexibility index (Phi) is 6.80. The van der Waals surface area contributed by atoms with Crippen LogP contribution in [0.4, 0.5) is 18.0 Å². The van der Waals surface area contributed by atoms with E-state index in [1.165, 1.54) is 28.0 Å². The van der Waals surface area contributed by atoms with E-state index in [2.05, 4.69) is 10.6 Å². The second-order valence-corrected chi connectivity index (χ2v) is 8.25. The molecule has 1 atom stereocenters. The summed E-state index contributed by atoms with van der Waals surface area (Å²) in [6.07, 6.45) is -4.57. The maximum Gasteiger partial charge on any atom is 0.416 e. The summed E-state index contributed by atoms with van der Waals surface area (Å²) in [5, 5.41) is 5.35. The standard InChI is InChI=1S/C22H27F3N4O3/c1-4-29-16-12-28(10-9-17(30)26-11-13(2)3)20(31)18(16)19(27-21(29)32)14-7-5-6-8-15(14)22(23,24)25/h5-8,13,19H,4,9-12H2,1-3H3,(H,26,30)(H,27,32)/t19-/m0/s1. The van der Waals surface area contributed by atoms with Gasteiger partial charge in [0.05, 0.1) is 29.4 Å². The van der Waals surface area contributed by atoms with Crippen LogP contribution in [0.2, 0.25) is 0 Å². The largest absolute Gasteiger partial charge is 0.416 e. The maximum atomic E-state index is 13.6. The molecule has 2 aliphatic rings. The van der Waals surface area contributed by atoms with Crippen LogP contribution in [0, 0.1) is 5.92 Å². The fourth-order valence-electron chi connectivity index (χ4n) is 3.95. The van der Waals surface area contributed by atoms with Crippen LogP contribution in [0.15, 0.2) is 35.5 Å². The zero-order valence-electron chi connectivity index (χ0n) is 18.3. The van der Waals surface area contributed by atoms with Gasteiger partial charge in [0, 0.05) is 26.1 Å². The minimum Gasteiger partial charge on any atom is -0.356 e. The van der Waals surface area contributed by atoms with Crippen LogP contribution >= 0.6 is 0 Å². The van der Waals surface area contributed by atoms with Crippen LogP contribution in [-0.2, 0) is 15.8 Å². The maximum absolute atomic E-state index is 13.6. The van der Waals surface area contributed by atoms with Crippen molar-refractivity contribution in [2.45, 2.75) is 39.4 Å². The first-order valence-electron chi connectivity index (χ1n) is 10.6. The molecular weight excluding hydrogens is 425 g/mol. The van der Waals surface area contributed by atoms with Crippen LogP contribution < -0.4 is 10.6 Å². The van der Waals surface area contributed by atoms with E-state index in [1.807, 2.05) is 13.8 Å². The van der Waals surface area contributed by atoms with E-state index in [9.17, 15) is 27.6 Å². The van der Waals surface area contributed by atoms with E-state index in [4.69, 9.17) is 0 Å². The van der Waals surface area contributed by atoms with Gasteiger partial charge in [-0.2, -0.15) is 13.2 Å². The van der Waals surface area contributed by atoms with Gasteiger partial charge in [0.25, 0.3) is 5.91 Å². The van der Waals surface area contributed by atoms with Crippen LogP contribution in [-0.4, -0.2) is 53.8 Å². The van der Waals surface area contributed by atoms with Crippen molar-refractivity contribution in [1.82, 2.24) is 20.4 Å². The summed E-state index contributed by atoms with van der Waals surface area (Å²) in [7, 11) is 0. The van der Waals surface area contributed by atoms with Crippen LogP contribution in [0.1, 0.15) is 44.4 Å². The number of urea groups is 1. The number of amides is 4. The Balaban J connectivity index is 1.89. The molecule has 32 heavy (non-hydrogen) atoms. The van der Waals surface area contributed by atoms with E-state index in [0.717, 1.165) is 6.07 Å². The van der Waals surface area contributed by atoms with Crippen LogP contribution in [0.25, 0.3) is 0 Å². The quantitative estimate of drug-likeness (QED) is 0.667. The van der Waals surface area contributed by atoms with Crippen molar-refractivity contribution in [3.05, 3.63) is 46.7 Å². The second-order valence-electron chi connectivity index (χ2n) is 8.25.